The molecule has 5 N–H and O–H groups in total. The predicted molar refractivity (Wildman–Crippen MR) is 198 cm³/mol. The zero-order chi connectivity index (χ0) is 34.7. The molecule has 0 spiro atoms. The summed E-state index contributed by atoms with van der Waals surface area (Å²) in [5.74, 6) is -0.212. The Labute approximate surface area is 289 Å². The van der Waals surface area contributed by atoms with E-state index < -0.39 is 20.0 Å². The number of nitrogens with one attached hydrogen (secondary N) is 1. The highest BCUT2D eigenvalue weighted by Crippen LogP contribution is 2.43. The second-order valence-corrected chi connectivity index (χ2v) is 14.2. The quantitative estimate of drug-likeness (QED) is 0.0297. The molecule has 8 nitrogen and oxygen atoms in total. The Balaban J connectivity index is 4.26. The summed E-state index contributed by atoms with van der Waals surface area (Å²) in [7, 11) is -4.34. The third kappa shape index (κ3) is 33.0. The first kappa shape index (κ1) is 45.7. The van der Waals surface area contributed by atoms with E-state index in [4.69, 9.17) is 14.8 Å². The lowest BCUT2D eigenvalue weighted by atomic mass is 10.1. The molecule has 0 aromatic carbocycles. The van der Waals surface area contributed by atoms with Crippen LogP contribution in [0.4, 0.5) is 0 Å². The molecule has 0 saturated carbocycles. The number of nitrogens with two attached hydrogens (primary N) is 1. The molecule has 3 atom stereocenters. The molecule has 47 heavy (non-hydrogen) atoms. The minimum Gasteiger partial charge on any atom is -0.387 e. The Bertz CT molecular complexity index is 835. The summed E-state index contributed by atoms with van der Waals surface area (Å²) in [6.07, 6.45) is 39.1. The highest BCUT2D eigenvalue weighted by atomic mass is 31.2. The van der Waals surface area contributed by atoms with E-state index >= 15 is 0 Å². The van der Waals surface area contributed by atoms with E-state index in [2.05, 4.69) is 43.5 Å². The second kappa shape index (κ2) is 34.6. The van der Waals surface area contributed by atoms with Gasteiger partial charge in [0.05, 0.1) is 25.4 Å². The van der Waals surface area contributed by atoms with E-state index in [1.54, 1.807) is 6.08 Å². The van der Waals surface area contributed by atoms with Gasteiger partial charge in [0.2, 0.25) is 5.91 Å². The predicted octanol–water partition coefficient (Wildman–Crippen LogP) is 10.00. The van der Waals surface area contributed by atoms with Crippen LogP contribution in [-0.4, -0.2) is 47.8 Å². The average molecular weight is 685 g/mol. The van der Waals surface area contributed by atoms with E-state index in [0.717, 1.165) is 38.5 Å². The summed E-state index contributed by atoms with van der Waals surface area (Å²) in [6.45, 7) is 4.05. The Hall–Kier alpha value is -1.28. The standard InChI is InChI=1S/C38H73N2O6P/c1-3-5-7-9-11-13-15-16-17-18-19-20-21-22-24-26-28-30-32-38(42)40-36(35-46-47(43,44)45-34-33-39)37(41)31-29-27-25-23-14-12-10-8-6-4-2/h14,17-18,23,29,31,36-37,41H,3-13,15-16,19-22,24-28,30,32-35,39H2,1-2H3,(H,40,42)(H,43,44)/b18-17-,23-14+,31-29+. The lowest BCUT2D eigenvalue weighted by Crippen LogP contribution is -2.45. The van der Waals surface area contributed by atoms with Crippen LogP contribution in [0.5, 0.6) is 0 Å². The first-order valence-corrected chi connectivity index (χ1v) is 20.6. The summed E-state index contributed by atoms with van der Waals surface area (Å²) in [5.41, 5.74) is 5.34. The fraction of sp³-hybridized carbons (Fsp3) is 0.816. The van der Waals surface area contributed by atoms with Crippen molar-refractivity contribution in [2.75, 3.05) is 19.8 Å². The van der Waals surface area contributed by atoms with E-state index in [1.807, 2.05) is 6.08 Å². The van der Waals surface area contributed by atoms with Crippen LogP contribution in [0, 0.1) is 0 Å². The molecule has 0 fully saturated rings. The van der Waals surface area contributed by atoms with E-state index in [9.17, 15) is 19.4 Å². The largest absolute Gasteiger partial charge is 0.472 e. The van der Waals surface area contributed by atoms with Crippen LogP contribution < -0.4 is 11.1 Å². The number of unbranched alkanes of at least 4 members (excludes halogenated alkanes) is 19. The maximum absolute atomic E-state index is 12.7. The van der Waals surface area contributed by atoms with Gasteiger partial charge in [-0.3, -0.25) is 13.8 Å². The number of hydrogen-bond donors (Lipinski definition) is 4. The summed E-state index contributed by atoms with van der Waals surface area (Å²) in [4.78, 5) is 22.6. The van der Waals surface area contributed by atoms with Crippen LogP contribution >= 0.6 is 7.82 Å². The maximum atomic E-state index is 12.7. The molecule has 0 aliphatic heterocycles. The highest BCUT2D eigenvalue weighted by molar-refractivity contribution is 7.47. The van der Waals surface area contributed by atoms with Crippen LogP contribution in [0.2, 0.25) is 0 Å². The number of phosphoric ester groups is 1. The van der Waals surface area contributed by atoms with Gasteiger partial charge in [-0.1, -0.05) is 140 Å². The van der Waals surface area contributed by atoms with Crippen LogP contribution in [-0.2, 0) is 18.4 Å². The van der Waals surface area contributed by atoms with Gasteiger partial charge in [0, 0.05) is 13.0 Å². The van der Waals surface area contributed by atoms with Crippen LogP contribution in [0.25, 0.3) is 0 Å². The molecule has 9 heteroatoms. The molecule has 0 rings (SSSR count). The molecule has 0 saturated heterocycles. The summed E-state index contributed by atoms with van der Waals surface area (Å²) in [5, 5.41) is 13.5. The number of carbonyl (C=O) groups is 1. The second-order valence-electron chi connectivity index (χ2n) is 12.8. The third-order valence-corrected chi connectivity index (χ3v) is 9.17. The van der Waals surface area contributed by atoms with Gasteiger partial charge < -0.3 is 21.1 Å². The van der Waals surface area contributed by atoms with Gasteiger partial charge in [0.1, 0.15) is 0 Å². The van der Waals surface area contributed by atoms with Crippen molar-refractivity contribution in [2.45, 2.75) is 180 Å². The fourth-order valence-electron chi connectivity index (χ4n) is 5.26. The Kier molecular flexibility index (Phi) is 33.6. The monoisotopic (exact) mass is 685 g/mol. The number of aliphatic hydroxyl groups excluding tert-OH is 1. The van der Waals surface area contributed by atoms with Gasteiger partial charge >= 0.3 is 7.82 Å². The Morgan fingerprint density at radius 3 is 1.66 bits per heavy atom. The molecule has 0 aliphatic rings. The topological polar surface area (TPSA) is 131 Å². The number of amides is 1. The molecule has 3 unspecified atom stereocenters. The average Bonchev–Trinajstić information content (AvgIpc) is 3.05. The number of hydrogen-bond acceptors (Lipinski definition) is 6. The highest BCUT2D eigenvalue weighted by Gasteiger charge is 2.26. The first-order chi connectivity index (χ1) is 22.9. The normalized spacial score (nSPS) is 14.7. The molecule has 0 heterocycles. The van der Waals surface area contributed by atoms with E-state index in [0.29, 0.717) is 6.42 Å². The third-order valence-electron chi connectivity index (χ3n) is 8.19. The minimum absolute atomic E-state index is 0.0728. The fourth-order valence-corrected chi connectivity index (χ4v) is 6.02. The van der Waals surface area contributed by atoms with Gasteiger partial charge in [-0.05, 0) is 57.8 Å². The lowest BCUT2D eigenvalue weighted by Gasteiger charge is -2.23. The summed E-state index contributed by atoms with van der Waals surface area (Å²) >= 11 is 0. The zero-order valence-electron chi connectivity index (χ0n) is 30.3. The molecular weight excluding hydrogens is 611 g/mol. The number of phosphoric acid groups is 1. The van der Waals surface area contributed by atoms with Crippen LogP contribution in [0.3, 0.4) is 0 Å². The van der Waals surface area contributed by atoms with Gasteiger partial charge in [-0.15, -0.1) is 0 Å². The first-order valence-electron chi connectivity index (χ1n) is 19.1. The number of allylic oxidation sites excluding steroid dienone is 5. The molecule has 1 amide bonds. The van der Waals surface area contributed by atoms with Crippen LogP contribution in [0.15, 0.2) is 36.5 Å². The number of rotatable bonds is 35. The van der Waals surface area contributed by atoms with Gasteiger partial charge in [0.15, 0.2) is 0 Å². The molecule has 0 radical (unpaired) electrons. The minimum atomic E-state index is -4.34. The summed E-state index contributed by atoms with van der Waals surface area (Å²) in [6, 6.07) is -0.876. The van der Waals surface area contributed by atoms with Crippen molar-refractivity contribution in [3.63, 3.8) is 0 Å². The SMILES string of the molecule is CCCCCC/C=C/CC/C=C/C(O)C(COP(=O)(O)OCCN)NC(=O)CCCCCCCCC/C=C\CCCCCCCCC. The molecular formula is C38H73N2O6P. The number of aliphatic hydroxyl groups is 1. The molecule has 0 aromatic rings. The van der Waals surface area contributed by atoms with Crippen molar-refractivity contribution in [2.24, 2.45) is 5.73 Å². The van der Waals surface area contributed by atoms with E-state index in [1.165, 1.54) is 109 Å². The van der Waals surface area contributed by atoms with Gasteiger partial charge in [-0.2, -0.15) is 0 Å². The molecule has 0 aliphatic carbocycles. The van der Waals surface area contributed by atoms with Crippen molar-refractivity contribution in [3.8, 4) is 0 Å². The van der Waals surface area contributed by atoms with Crippen molar-refractivity contribution in [1.29, 1.82) is 0 Å². The van der Waals surface area contributed by atoms with E-state index in [-0.39, 0.29) is 25.7 Å². The maximum Gasteiger partial charge on any atom is 0.472 e. The van der Waals surface area contributed by atoms with Gasteiger partial charge in [-0.25, -0.2) is 4.57 Å². The van der Waals surface area contributed by atoms with Crippen molar-refractivity contribution >= 4 is 13.7 Å². The number of carbonyl (C=O) groups excluding carboxylic acids is 1. The van der Waals surface area contributed by atoms with Crippen molar-refractivity contribution in [3.05, 3.63) is 36.5 Å². The Morgan fingerprint density at radius 2 is 1.13 bits per heavy atom. The molecule has 0 aromatic heterocycles. The smallest absolute Gasteiger partial charge is 0.387 e. The zero-order valence-corrected chi connectivity index (χ0v) is 31.2. The van der Waals surface area contributed by atoms with Crippen molar-refractivity contribution < 1.29 is 28.4 Å². The molecule has 0 bridgehead atoms. The van der Waals surface area contributed by atoms with Crippen molar-refractivity contribution in [1.82, 2.24) is 5.32 Å². The Morgan fingerprint density at radius 1 is 0.681 bits per heavy atom. The van der Waals surface area contributed by atoms with Crippen LogP contribution in [0.1, 0.15) is 168 Å². The molecule has 276 valence electrons. The summed E-state index contributed by atoms with van der Waals surface area (Å²) < 4.78 is 22.0. The lowest BCUT2D eigenvalue weighted by molar-refractivity contribution is -0.123. The van der Waals surface area contributed by atoms with Gasteiger partial charge in [0.25, 0.3) is 0 Å².